The summed E-state index contributed by atoms with van der Waals surface area (Å²) in [5, 5.41) is -0.481. The van der Waals surface area contributed by atoms with Crippen LogP contribution in [0.25, 0.3) is 0 Å². The minimum atomic E-state index is -3.68. The van der Waals surface area contributed by atoms with Crippen LogP contribution in [-0.2, 0) is 28.6 Å². The molecule has 3 fully saturated rings. The molecule has 3 aliphatic rings. The zero-order chi connectivity index (χ0) is 16.4. The van der Waals surface area contributed by atoms with E-state index in [0.29, 0.717) is 0 Å². The molecule has 6 atom stereocenters. The molecule has 0 saturated carbocycles. The molecule has 124 valence electrons. The van der Waals surface area contributed by atoms with E-state index in [9.17, 15) is 18.0 Å². The van der Waals surface area contributed by atoms with Gasteiger partial charge in [-0.25, -0.2) is 0 Å². The van der Waals surface area contributed by atoms with Crippen LogP contribution < -0.4 is 0 Å². The maximum atomic E-state index is 12.7. The molecule has 0 aromatic rings. The molecule has 7 nitrogen and oxygen atoms in total. The van der Waals surface area contributed by atoms with Crippen molar-refractivity contribution in [1.29, 1.82) is 0 Å². The summed E-state index contributed by atoms with van der Waals surface area (Å²) in [4.78, 5) is 26.5. The number of ether oxygens (including phenoxy) is 1. The Balaban J connectivity index is 2.03. The summed E-state index contributed by atoms with van der Waals surface area (Å²) in [6.07, 6.45) is 0.296. The van der Waals surface area contributed by atoms with Crippen molar-refractivity contribution in [3.8, 4) is 0 Å². The number of likely N-dealkylation sites (tertiary alicyclic amines) is 1. The number of carbonyl (C=O) groups excluding carboxylic acids is 2. The maximum Gasteiger partial charge on any atom is 0.310 e. The molecular weight excluding hydrogens is 330 g/mol. The van der Waals surface area contributed by atoms with E-state index in [-0.39, 0.29) is 28.5 Å². The number of esters is 1. The van der Waals surface area contributed by atoms with E-state index in [1.165, 1.54) is 18.9 Å². The van der Waals surface area contributed by atoms with Crippen molar-refractivity contribution in [3.05, 3.63) is 0 Å². The molecule has 3 rings (SSSR count). The second kappa shape index (κ2) is 5.10. The highest BCUT2D eigenvalue weighted by Gasteiger charge is 2.71. The number of rotatable bonds is 4. The first-order valence-corrected chi connectivity index (χ1v) is 9.87. The van der Waals surface area contributed by atoms with E-state index < -0.39 is 34.0 Å². The minimum Gasteiger partial charge on any atom is -0.469 e. The van der Waals surface area contributed by atoms with E-state index in [1.807, 2.05) is 13.8 Å². The molecular formula is C13H19NO6S2. The highest BCUT2D eigenvalue weighted by atomic mass is 32.2. The highest BCUT2D eigenvalue weighted by molar-refractivity contribution is 8.01. The average Bonchev–Trinajstić information content (AvgIpc) is 2.98. The second-order valence-electron chi connectivity index (χ2n) is 6.23. The van der Waals surface area contributed by atoms with Crippen molar-refractivity contribution in [2.24, 2.45) is 11.8 Å². The number of hydrogen-bond acceptors (Lipinski definition) is 7. The zero-order valence-electron chi connectivity index (χ0n) is 12.8. The molecule has 6 unspecified atom stereocenters. The third-order valence-electron chi connectivity index (χ3n) is 4.58. The predicted octanol–water partition coefficient (Wildman–Crippen LogP) is -0.147. The Morgan fingerprint density at radius 2 is 1.95 bits per heavy atom. The summed E-state index contributed by atoms with van der Waals surface area (Å²) < 4.78 is 33.3. The summed E-state index contributed by atoms with van der Waals surface area (Å²) in [5.74, 6) is -1.65. The van der Waals surface area contributed by atoms with E-state index in [1.54, 1.807) is 4.90 Å². The minimum absolute atomic E-state index is 0.0774. The lowest BCUT2D eigenvalue weighted by atomic mass is 9.78. The van der Waals surface area contributed by atoms with Crippen LogP contribution in [0.3, 0.4) is 0 Å². The maximum absolute atomic E-state index is 12.7. The fraction of sp³-hybridized carbons (Fsp3) is 0.846. The van der Waals surface area contributed by atoms with Gasteiger partial charge in [-0.2, -0.15) is 8.42 Å². The molecule has 3 heterocycles. The third-order valence-corrected chi connectivity index (χ3v) is 6.92. The van der Waals surface area contributed by atoms with Crippen LogP contribution in [0.5, 0.6) is 0 Å². The van der Waals surface area contributed by atoms with Gasteiger partial charge in [0.2, 0.25) is 5.91 Å². The molecule has 2 bridgehead atoms. The first-order chi connectivity index (χ1) is 10.2. The third kappa shape index (κ3) is 2.16. The largest absolute Gasteiger partial charge is 0.469 e. The van der Waals surface area contributed by atoms with Crippen LogP contribution in [0.4, 0.5) is 0 Å². The molecule has 0 radical (unpaired) electrons. The topological polar surface area (TPSA) is 90.0 Å². The molecule has 0 aromatic carbocycles. The monoisotopic (exact) mass is 349 g/mol. The lowest BCUT2D eigenvalue weighted by Crippen LogP contribution is -2.51. The van der Waals surface area contributed by atoms with Gasteiger partial charge in [-0.3, -0.25) is 13.8 Å². The number of hydrogen-bond donors (Lipinski definition) is 0. The van der Waals surface area contributed by atoms with E-state index in [4.69, 9.17) is 8.92 Å². The van der Waals surface area contributed by atoms with Crippen LogP contribution in [-0.4, -0.2) is 67.2 Å². The molecule has 1 amide bonds. The number of carbonyl (C=O) groups is 2. The lowest BCUT2D eigenvalue weighted by Gasteiger charge is -2.33. The zero-order valence-corrected chi connectivity index (χ0v) is 14.4. The quantitative estimate of drug-likeness (QED) is 0.515. The Hall–Kier alpha value is -0.800. The lowest BCUT2D eigenvalue weighted by molar-refractivity contribution is -0.150. The normalized spacial score (nSPS) is 39.9. The smallest absolute Gasteiger partial charge is 0.310 e. The Morgan fingerprint density at radius 1 is 1.32 bits per heavy atom. The van der Waals surface area contributed by atoms with Gasteiger partial charge in [0.05, 0.1) is 31.2 Å². The number of nitrogens with zero attached hydrogens (tertiary/aromatic N) is 1. The van der Waals surface area contributed by atoms with Crippen LogP contribution in [0, 0.1) is 11.8 Å². The summed E-state index contributed by atoms with van der Waals surface area (Å²) >= 11 is 1.48. The van der Waals surface area contributed by atoms with Crippen molar-refractivity contribution < 1.29 is 26.9 Å². The summed E-state index contributed by atoms with van der Waals surface area (Å²) in [5.41, 5.74) is 0. The molecule has 0 aliphatic carbocycles. The van der Waals surface area contributed by atoms with E-state index >= 15 is 0 Å². The number of thioether (sulfide) groups is 1. The average molecular weight is 349 g/mol. The fourth-order valence-corrected chi connectivity index (χ4v) is 6.77. The molecule has 3 saturated heterocycles. The van der Waals surface area contributed by atoms with Gasteiger partial charge in [0, 0.05) is 16.5 Å². The Kier molecular flexibility index (Phi) is 3.73. The Labute approximate surface area is 133 Å². The molecule has 9 heteroatoms. The van der Waals surface area contributed by atoms with Crippen LogP contribution >= 0.6 is 11.8 Å². The van der Waals surface area contributed by atoms with Gasteiger partial charge in [-0.05, 0) is 13.8 Å². The molecule has 3 aliphatic heterocycles. The van der Waals surface area contributed by atoms with E-state index in [0.717, 1.165) is 6.26 Å². The van der Waals surface area contributed by atoms with Crippen molar-refractivity contribution >= 4 is 33.8 Å². The van der Waals surface area contributed by atoms with Crippen molar-refractivity contribution in [1.82, 2.24) is 4.90 Å². The predicted molar refractivity (Wildman–Crippen MR) is 79.6 cm³/mol. The van der Waals surface area contributed by atoms with Crippen LogP contribution in [0.2, 0.25) is 0 Å². The first kappa shape index (κ1) is 16.1. The summed E-state index contributed by atoms with van der Waals surface area (Å²) in [6.45, 7) is 3.76. The first-order valence-electron chi connectivity index (χ1n) is 7.11. The van der Waals surface area contributed by atoms with Crippen molar-refractivity contribution in [3.63, 3.8) is 0 Å². The van der Waals surface area contributed by atoms with Gasteiger partial charge in [-0.1, -0.05) is 0 Å². The van der Waals surface area contributed by atoms with Gasteiger partial charge in [0.25, 0.3) is 10.1 Å². The second-order valence-corrected chi connectivity index (χ2v) is 9.20. The van der Waals surface area contributed by atoms with Crippen molar-refractivity contribution in [2.75, 3.05) is 13.4 Å². The van der Waals surface area contributed by atoms with Crippen molar-refractivity contribution in [2.45, 2.75) is 42.5 Å². The van der Waals surface area contributed by atoms with Crippen LogP contribution in [0.15, 0.2) is 0 Å². The summed E-state index contributed by atoms with van der Waals surface area (Å²) in [6, 6.07) is -0.380. The van der Waals surface area contributed by atoms with Gasteiger partial charge in [0.15, 0.2) is 0 Å². The Morgan fingerprint density at radius 3 is 2.45 bits per heavy atom. The number of fused-ring (bicyclic) bond motifs is 1. The molecule has 0 N–H and O–H groups in total. The SMILES string of the molecule is COC(=O)C1C2SC3C1C(=O)N(C(C)C)C3C2OS(C)(=O)=O. The van der Waals surface area contributed by atoms with Gasteiger partial charge in [0.1, 0.15) is 6.10 Å². The molecule has 0 spiro atoms. The molecule has 0 aromatic heterocycles. The van der Waals surface area contributed by atoms with Gasteiger partial charge >= 0.3 is 5.97 Å². The standard InChI is InChI=1S/C13H19NO6S2/c1-5(2)14-8-9(20-22(4,17)18)11-7(13(16)19-3)6(12(14)15)10(8)21-11/h5-11H,1-4H3. The fourth-order valence-electron chi connectivity index (χ4n) is 3.97. The number of methoxy groups -OCH3 is 1. The van der Waals surface area contributed by atoms with Gasteiger partial charge < -0.3 is 9.64 Å². The number of amides is 1. The Bertz CT molecular complexity index is 618. The summed E-state index contributed by atoms with van der Waals surface area (Å²) in [7, 11) is -2.40. The van der Waals surface area contributed by atoms with Gasteiger partial charge in [-0.15, -0.1) is 11.8 Å². The van der Waals surface area contributed by atoms with Crippen LogP contribution in [0.1, 0.15) is 13.8 Å². The highest BCUT2D eigenvalue weighted by Crippen LogP contribution is 2.60. The van der Waals surface area contributed by atoms with E-state index in [2.05, 4.69) is 0 Å². The molecule has 22 heavy (non-hydrogen) atoms.